The first-order valence-electron chi connectivity index (χ1n) is 10.9. The van der Waals surface area contributed by atoms with E-state index in [1.165, 1.54) is 18.2 Å². The molecular weight excluding hydrogens is 479 g/mol. The number of fused-ring (bicyclic) bond motifs is 1. The van der Waals surface area contributed by atoms with Gasteiger partial charge in [0, 0.05) is 39.2 Å². The molecule has 184 valence electrons. The van der Waals surface area contributed by atoms with Gasteiger partial charge in [0.2, 0.25) is 0 Å². The van der Waals surface area contributed by atoms with Crippen LogP contribution in [-0.4, -0.2) is 27.4 Å². The van der Waals surface area contributed by atoms with E-state index < -0.39 is 28.8 Å². The molecule has 0 unspecified atom stereocenters. The molecule has 0 saturated carbocycles. The zero-order chi connectivity index (χ0) is 25.5. The predicted octanol–water partition coefficient (Wildman–Crippen LogP) is 6.57. The van der Waals surface area contributed by atoms with Gasteiger partial charge in [-0.1, -0.05) is 20.8 Å². The first kappa shape index (κ1) is 24.8. The van der Waals surface area contributed by atoms with Crippen molar-refractivity contribution in [3.05, 3.63) is 80.9 Å². The van der Waals surface area contributed by atoms with E-state index in [1.807, 2.05) is 20.8 Å². The van der Waals surface area contributed by atoms with Crippen molar-refractivity contribution in [2.45, 2.75) is 39.2 Å². The fourth-order valence-corrected chi connectivity index (χ4v) is 5.22. The summed E-state index contributed by atoms with van der Waals surface area (Å²) in [6, 6.07) is 8.94. The van der Waals surface area contributed by atoms with E-state index in [0.29, 0.717) is 23.0 Å². The van der Waals surface area contributed by atoms with E-state index in [4.69, 9.17) is 9.84 Å². The van der Waals surface area contributed by atoms with Gasteiger partial charge in [0.05, 0.1) is 18.7 Å². The van der Waals surface area contributed by atoms with E-state index in [9.17, 15) is 23.1 Å². The average molecular weight is 504 g/mol. The van der Waals surface area contributed by atoms with Crippen LogP contribution in [0, 0.1) is 17.5 Å². The van der Waals surface area contributed by atoms with Crippen molar-refractivity contribution in [2.24, 2.45) is 0 Å². The molecule has 0 amide bonds. The second kappa shape index (κ2) is 9.39. The molecule has 5 nitrogen and oxygen atoms in total. The second-order valence-electron chi connectivity index (χ2n) is 8.88. The zero-order valence-corrected chi connectivity index (χ0v) is 20.2. The number of ether oxygens (including phenoxy) is 1. The summed E-state index contributed by atoms with van der Waals surface area (Å²) in [6.07, 6.45) is 0.484. The Bertz CT molecular complexity index is 1420. The Hall–Kier alpha value is -3.30. The number of hydrogen-bond donors (Lipinski definition) is 2. The summed E-state index contributed by atoms with van der Waals surface area (Å²) in [5.74, 6) is -3.95. The van der Waals surface area contributed by atoms with Crippen LogP contribution in [0.2, 0.25) is 0 Å². The summed E-state index contributed by atoms with van der Waals surface area (Å²) in [7, 11) is 0. The number of nitrogens with zero attached hydrogens (tertiary/aromatic N) is 1. The van der Waals surface area contributed by atoms with Gasteiger partial charge in [0.15, 0.2) is 11.6 Å². The number of thiophene rings is 1. The summed E-state index contributed by atoms with van der Waals surface area (Å²) < 4.78 is 49.9. The number of carboxylic acid groups (broad SMARTS) is 1. The zero-order valence-electron chi connectivity index (χ0n) is 19.4. The number of aromatic hydroxyl groups is 1. The lowest BCUT2D eigenvalue weighted by Crippen LogP contribution is -2.28. The summed E-state index contributed by atoms with van der Waals surface area (Å²) in [6.45, 7) is 6.08. The van der Waals surface area contributed by atoms with E-state index in [0.717, 1.165) is 40.0 Å². The van der Waals surface area contributed by atoms with Crippen LogP contribution in [0.1, 0.15) is 46.6 Å². The maximum absolute atomic E-state index is 14.4. The third-order valence-corrected chi connectivity index (χ3v) is 6.90. The summed E-state index contributed by atoms with van der Waals surface area (Å²) in [5, 5.41) is 20.2. The van der Waals surface area contributed by atoms with Gasteiger partial charge in [-0.3, -0.25) is 0 Å². The Kier molecular flexibility index (Phi) is 6.66. The van der Waals surface area contributed by atoms with Gasteiger partial charge in [-0.15, -0.1) is 11.3 Å². The van der Waals surface area contributed by atoms with E-state index in [1.54, 1.807) is 10.6 Å². The summed E-state index contributed by atoms with van der Waals surface area (Å²) >= 11 is 1.12. The number of hydrogen-bond acceptors (Lipinski definition) is 4. The van der Waals surface area contributed by atoms with Crippen LogP contribution >= 0.6 is 11.3 Å². The largest absolute Gasteiger partial charge is 0.507 e. The van der Waals surface area contributed by atoms with Gasteiger partial charge < -0.3 is 19.5 Å². The van der Waals surface area contributed by atoms with Crippen molar-refractivity contribution < 1.29 is 32.9 Å². The molecule has 0 aliphatic rings. The molecule has 0 radical (unpaired) electrons. The first-order valence-corrected chi connectivity index (χ1v) is 11.8. The number of aromatic carboxylic acids is 1. The molecule has 4 rings (SSSR count). The summed E-state index contributed by atoms with van der Waals surface area (Å²) in [5.41, 5.74) is 1.30. The smallest absolute Gasteiger partial charge is 0.345 e. The molecule has 0 spiro atoms. The van der Waals surface area contributed by atoms with Crippen molar-refractivity contribution in [3.8, 4) is 11.4 Å². The number of carbonyl (C=O) groups is 1. The van der Waals surface area contributed by atoms with Crippen molar-refractivity contribution in [3.63, 3.8) is 0 Å². The number of halogens is 3. The third kappa shape index (κ3) is 4.66. The molecule has 4 aromatic rings. The molecule has 0 atom stereocenters. The number of rotatable bonds is 8. The number of phenols is 1. The average Bonchev–Trinajstić information content (AvgIpc) is 3.38. The molecule has 0 bridgehead atoms. The van der Waals surface area contributed by atoms with Gasteiger partial charge >= 0.3 is 5.97 Å². The molecule has 0 aliphatic heterocycles. The molecule has 35 heavy (non-hydrogen) atoms. The SMILES string of the molecule is CCc1c(C(C)(C)COCc2ccc(C(=O)O)s2)n(-c2ccc(F)c(F)c2)c2cc(F)cc(O)c12. The minimum absolute atomic E-state index is 0.184. The molecule has 2 aromatic heterocycles. The minimum Gasteiger partial charge on any atom is -0.507 e. The highest BCUT2D eigenvalue weighted by Gasteiger charge is 2.32. The Labute approximate surface area is 204 Å². The number of benzene rings is 2. The number of aromatic nitrogens is 1. The molecule has 2 heterocycles. The Morgan fingerprint density at radius 2 is 1.83 bits per heavy atom. The fraction of sp³-hybridized carbons (Fsp3) is 0.269. The van der Waals surface area contributed by atoms with Crippen LogP contribution in [0.5, 0.6) is 5.75 Å². The molecule has 2 aromatic carbocycles. The van der Waals surface area contributed by atoms with Crippen molar-refractivity contribution in [2.75, 3.05) is 6.61 Å². The van der Waals surface area contributed by atoms with Crippen LogP contribution in [0.25, 0.3) is 16.6 Å². The second-order valence-corrected chi connectivity index (χ2v) is 10.0. The summed E-state index contributed by atoms with van der Waals surface area (Å²) in [4.78, 5) is 12.1. The lowest BCUT2D eigenvalue weighted by atomic mass is 9.86. The predicted molar refractivity (Wildman–Crippen MR) is 128 cm³/mol. The highest BCUT2D eigenvalue weighted by Crippen LogP contribution is 2.42. The van der Waals surface area contributed by atoms with Crippen LogP contribution in [0.4, 0.5) is 13.2 Å². The first-order chi connectivity index (χ1) is 16.5. The van der Waals surface area contributed by atoms with Crippen molar-refractivity contribution in [1.29, 1.82) is 0 Å². The van der Waals surface area contributed by atoms with Crippen LogP contribution < -0.4 is 0 Å². The topological polar surface area (TPSA) is 71.7 Å². The lowest BCUT2D eigenvalue weighted by molar-refractivity contribution is 0.0702. The Morgan fingerprint density at radius 3 is 2.46 bits per heavy atom. The molecule has 0 saturated heterocycles. The monoisotopic (exact) mass is 503 g/mol. The fourth-order valence-electron chi connectivity index (χ4n) is 4.43. The number of aryl methyl sites for hydroxylation is 1. The maximum atomic E-state index is 14.4. The lowest BCUT2D eigenvalue weighted by Gasteiger charge is -2.28. The van der Waals surface area contributed by atoms with Gasteiger partial charge in [-0.05, 0) is 42.3 Å². The van der Waals surface area contributed by atoms with Crippen LogP contribution in [-0.2, 0) is 23.2 Å². The highest BCUT2D eigenvalue weighted by atomic mass is 32.1. The molecular formula is C26H24F3NO4S. The highest BCUT2D eigenvalue weighted by molar-refractivity contribution is 7.13. The van der Waals surface area contributed by atoms with Gasteiger partial charge in [0.25, 0.3) is 0 Å². The van der Waals surface area contributed by atoms with E-state index in [-0.39, 0.29) is 29.5 Å². The van der Waals surface area contributed by atoms with Gasteiger partial charge in [-0.25, -0.2) is 18.0 Å². The Morgan fingerprint density at radius 1 is 1.09 bits per heavy atom. The van der Waals surface area contributed by atoms with Crippen molar-refractivity contribution >= 4 is 28.2 Å². The molecule has 2 N–H and O–H groups in total. The van der Waals surface area contributed by atoms with E-state index >= 15 is 0 Å². The quantitative estimate of drug-likeness (QED) is 0.285. The van der Waals surface area contributed by atoms with Crippen LogP contribution in [0.15, 0.2) is 42.5 Å². The normalized spacial score (nSPS) is 11.9. The van der Waals surface area contributed by atoms with Crippen molar-refractivity contribution in [1.82, 2.24) is 4.57 Å². The molecule has 9 heteroatoms. The maximum Gasteiger partial charge on any atom is 0.345 e. The minimum atomic E-state index is -1.05. The molecule has 0 fully saturated rings. The third-order valence-electron chi connectivity index (χ3n) is 5.85. The number of phenolic OH excluding ortho intramolecular Hbond substituents is 1. The standard InChI is InChI=1S/C26H24F3NO4S/c1-4-17-23-20(9-14(27)10-21(23)31)30(15-5-7-18(28)19(29)11-15)24(17)26(2,3)13-34-12-16-6-8-22(35-16)25(32)33/h5-11,31H,4,12-13H2,1-3H3,(H,32,33). The van der Waals surface area contributed by atoms with Gasteiger partial charge in [0.1, 0.15) is 16.4 Å². The van der Waals surface area contributed by atoms with Gasteiger partial charge in [-0.2, -0.15) is 0 Å². The molecule has 0 aliphatic carbocycles. The van der Waals surface area contributed by atoms with E-state index in [2.05, 4.69) is 0 Å². The Balaban J connectivity index is 1.81. The number of carboxylic acids is 1. The van der Waals surface area contributed by atoms with Crippen LogP contribution in [0.3, 0.4) is 0 Å².